The van der Waals surface area contributed by atoms with Crippen molar-refractivity contribution in [2.24, 2.45) is 0 Å². The lowest BCUT2D eigenvalue weighted by Crippen LogP contribution is -2.27. The highest BCUT2D eigenvalue weighted by Gasteiger charge is 2.18. The number of aromatic nitrogens is 2. The molecule has 2 amide bonds. The highest BCUT2D eigenvalue weighted by Crippen LogP contribution is 2.19. The molecule has 0 saturated carbocycles. The Morgan fingerprint density at radius 3 is 2.12 bits per heavy atom. The summed E-state index contributed by atoms with van der Waals surface area (Å²) in [6, 6.07) is 0. The van der Waals surface area contributed by atoms with E-state index in [0.29, 0.717) is 21.7 Å². The first-order valence-electron chi connectivity index (χ1n) is 7.51. The lowest BCUT2D eigenvalue weighted by atomic mass is 10.2. The van der Waals surface area contributed by atoms with Crippen LogP contribution in [0.2, 0.25) is 0 Å². The number of anilines is 2. The molecule has 0 aliphatic carbocycles. The number of rotatable bonds is 6. The summed E-state index contributed by atoms with van der Waals surface area (Å²) >= 11 is 2.33. The Labute approximate surface area is 157 Å². The molecule has 9 nitrogen and oxygen atoms in total. The van der Waals surface area contributed by atoms with Crippen LogP contribution in [0.3, 0.4) is 0 Å². The van der Waals surface area contributed by atoms with E-state index in [1.807, 2.05) is 0 Å². The number of carbonyl (C=O) groups is 3. The van der Waals surface area contributed by atoms with Gasteiger partial charge in [0.25, 0.3) is 0 Å². The van der Waals surface area contributed by atoms with Crippen molar-refractivity contribution in [1.82, 2.24) is 9.97 Å². The fraction of sp³-hybridized carbons (Fsp3) is 0.400. The van der Waals surface area contributed by atoms with Crippen LogP contribution in [-0.2, 0) is 27.2 Å². The Morgan fingerprint density at radius 2 is 1.58 bits per heavy atom. The molecule has 0 aliphatic rings. The van der Waals surface area contributed by atoms with Crippen LogP contribution in [0.5, 0.6) is 0 Å². The van der Waals surface area contributed by atoms with Gasteiger partial charge in [-0.2, -0.15) is 0 Å². The molecule has 3 N–H and O–H groups in total. The average Bonchev–Trinajstić information content (AvgIpc) is 3.05. The van der Waals surface area contributed by atoms with Gasteiger partial charge in [0, 0.05) is 10.8 Å². The van der Waals surface area contributed by atoms with Crippen molar-refractivity contribution in [1.29, 1.82) is 0 Å². The number of nitrogens with one attached hydrogen (secondary N) is 2. The minimum Gasteiger partial charge on any atom is -0.481 e. The van der Waals surface area contributed by atoms with Crippen LogP contribution in [0.25, 0.3) is 0 Å². The highest BCUT2D eigenvalue weighted by molar-refractivity contribution is 7.14. The molecule has 11 heteroatoms. The quantitative estimate of drug-likeness (QED) is 0.682. The van der Waals surface area contributed by atoms with E-state index in [-0.39, 0.29) is 18.7 Å². The van der Waals surface area contributed by atoms with E-state index in [9.17, 15) is 14.4 Å². The molecule has 0 bridgehead atoms. The first-order chi connectivity index (χ1) is 12.1. The molecular weight excluding hydrogens is 380 g/mol. The predicted molar refractivity (Wildman–Crippen MR) is 97.8 cm³/mol. The van der Waals surface area contributed by atoms with Crippen LogP contribution in [0.1, 0.15) is 32.2 Å². The number of ether oxygens (including phenoxy) is 1. The van der Waals surface area contributed by atoms with E-state index in [0.717, 1.165) is 11.3 Å². The van der Waals surface area contributed by atoms with E-state index >= 15 is 0 Å². The summed E-state index contributed by atoms with van der Waals surface area (Å²) in [6.45, 7) is 5.26. The van der Waals surface area contributed by atoms with Crippen molar-refractivity contribution in [2.45, 2.75) is 39.2 Å². The van der Waals surface area contributed by atoms with Crippen molar-refractivity contribution in [2.75, 3.05) is 10.6 Å². The van der Waals surface area contributed by atoms with Crippen molar-refractivity contribution in [3.05, 3.63) is 22.1 Å². The minimum absolute atomic E-state index is 0.000340. The van der Waals surface area contributed by atoms with E-state index in [4.69, 9.17) is 9.84 Å². The van der Waals surface area contributed by atoms with Crippen LogP contribution in [0.4, 0.5) is 15.1 Å². The highest BCUT2D eigenvalue weighted by atomic mass is 32.1. The summed E-state index contributed by atoms with van der Waals surface area (Å²) in [5, 5.41) is 17.7. The molecule has 140 valence electrons. The van der Waals surface area contributed by atoms with E-state index in [2.05, 4.69) is 20.6 Å². The number of amides is 2. The zero-order chi connectivity index (χ0) is 19.3. The lowest BCUT2D eigenvalue weighted by Gasteiger charge is -2.18. The van der Waals surface area contributed by atoms with Crippen LogP contribution in [0.15, 0.2) is 10.8 Å². The van der Waals surface area contributed by atoms with Gasteiger partial charge in [-0.25, -0.2) is 14.8 Å². The fourth-order valence-corrected chi connectivity index (χ4v) is 3.19. The van der Waals surface area contributed by atoms with Gasteiger partial charge in [-0.05, 0) is 20.8 Å². The van der Waals surface area contributed by atoms with Crippen LogP contribution in [-0.4, -0.2) is 38.6 Å². The normalized spacial score (nSPS) is 11.0. The first-order valence-corrected chi connectivity index (χ1v) is 9.27. The molecule has 0 unspecified atom stereocenters. The molecule has 0 radical (unpaired) electrons. The maximum absolute atomic E-state index is 12.0. The number of hydrogen-bond acceptors (Lipinski definition) is 8. The minimum atomic E-state index is -0.985. The smallest absolute Gasteiger partial charge is 0.413 e. The Hall–Kier alpha value is -2.53. The average molecular weight is 398 g/mol. The van der Waals surface area contributed by atoms with E-state index in [1.54, 1.807) is 31.5 Å². The second-order valence-corrected chi connectivity index (χ2v) is 7.93. The second kappa shape index (κ2) is 8.23. The summed E-state index contributed by atoms with van der Waals surface area (Å²) in [6.07, 6.45) is -0.810. The van der Waals surface area contributed by atoms with Gasteiger partial charge >= 0.3 is 12.1 Å². The fourth-order valence-electron chi connectivity index (χ4n) is 1.76. The molecule has 0 aliphatic heterocycles. The lowest BCUT2D eigenvalue weighted by molar-refractivity contribution is -0.136. The van der Waals surface area contributed by atoms with Gasteiger partial charge in [0.15, 0.2) is 10.3 Å². The molecule has 0 spiro atoms. The summed E-state index contributed by atoms with van der Waals surface area (Å²) in [4.78, 5) is 42.5. The molecule has 26 heavy (non-hydrogen) atoms. The van der Waals surface area contributed by atoms with E-state index < -0.39 is 17.7 Å². The predicted octanol–water partition coefficient (Wildman–Crippen LogP) is 2.75. The first kappa shape index (κ1) is 19.8. The Balaban J connectivity index is 1.86. The summed E-state index contributed by atoms with van der Waals surface area (Å²) < 4.78 is 5.13. The van der Waals surface area contributed by atoms with Gasteiger partial charge in [0.2, 0.25) is 5.91 Å². The molecular formula is C15H18N4O5S2. The zero-order valence-electron chi connectivity index (χ0n) is 14.4. The summed E-state index contributed by atoms with van der Waals surface area (Å²) in [5.74, 6) is -1.32. The Kier molecular flexibility index (Phi) is 6.27. The van der Waals surface area contributed by atoms with Gasteiger partial charge in [0.05, 0.1) is 24.2 Å². The SMILES string of the molecule is CC(C)(C)OC(=O)Nc1nc(CC(=O)Nc2nc(CC(=O)O)cs2)cs1. The van der Waals surface area contributed by atoms with Crippen LogP contribution in [0, 0.1) is 0 Å². The number of carboxylic acids is 1. The summed E-state index contributed by atoms with van der Waals surface area (Å²) in [5.41, 5.74) is 0.258. The van der Waals surface area contributed by atoms with Gasteiger partial charge in [-0.15, -0.1) is 22.7 Å². The third-order valence-electron chi connectivity index (χ3n) is 2.63. The maximum atomic E-state index is 12.0. The van der Waals surface area contributed by atoms with Gasteiger partial charge in [-0.3, -0.25) is 14.9 Å². The number of aliphatic carboxylic acids is 1. The number of thiazole rings is 2. The zero-order valence-corrected chi connectivity index (χ0v) is 16.0. The maximum Gasteiger partial charge on any atom is 0.413 e. The number of carbonyl (C=O) groups excluding carboxylic acids is 2. The molecule has 0 fully saturated rings. The number of hydrogen-bond donors (Lipinski definition) is 3. The third kappa shape index (κ3) is 6.76. The van der Waals surface area contributed by atoms with E-state index in [1.165, 1.54) is 11.3 Å². The van der Waals surface area contributed by atoms with Crippen LogP contribution >= 0.6 is 22.7 Å². The number of carboxylic acid groups (broad SMARTS) is 1. The monoisotopic (exact) mass is 398 g/mol. The van der Waals surface area contributed by atoms with Gasteiger partial charge in [0.1, 0.15) is 5.60 Å². The third-order valence-corrected chi connectivity index (χ3v) is 4.24. The summed E-state index contributed by atoms with van der Waals surface area (Å²) in [7, 11) is 0. The molecule has 2 heterocycles. The molecule has 0 saturated heterocycles. The second-order valence-electron chi connectivity index (χ2n) is 6.21. The largest absolute Gasteiger partial charge is 0.481 e. The Morgan fingerprint density at radius 1 is 1.04 bits per heavy atom. The Bertz CT molecular complexity index is 809. The molecule has 2 aromatic rings. The van der Waals surface area contributed by atoms with Gasteiger partial charge in [-0.1, -0.05) is 0 Å². The molecule has 2 aromatic heterocycles. The molecule has 0 atom stereocenters. The molecule has 0 aromatic carbocycles. The van der Waals surface area contributed by atoms with Crippen molar-refractivity contribution < 1.29 is 24.2 Å². The van der Waals surface area contributed by atoms with Crippen molar-refractivity contribution in [3.63, 3.8) is 0 Å². The number of nitrogens with zero attached hydrogens (tertiary/aromatic N) is 2. The van der Waals surface area contributed by atoms with Crippen molar-refractivity contribution in [3.8, 4) is 0 Å². The van der Waals surface area contributed by atoms with Crippen molar-refractivity contribution >= 4 is 50.9 Å². The standard InChI is InChI=1S/C15H18N4O5S2/c1-15(2,3)24-14(23)19-13-16-8(6-26-13)4-10(20)18-12-17-9(7-25-12)5-11(21)22/h6-7H,4-5H2,1-3H3,(H,21,22)(H,16,19,23)(H,17,18,20). The van der Waals surface area contributed by atoms with Gasteiger partial charge < -0.3 is 15.2 Å². The topological polar surface area (TPSA) is 131 Å². The molecule has 2 rings (SSSR count). The van der Waals surface area contributed by atoms with Crippen LogP contribution < -0.4 is 10.6 Å².